The van der Waals surface area contributed by atoms with Gasteiger partial charge < -0.3 is 16.4 Å². The lowest BCUT2D eigenvalue weighted by Gasteiger charge is -2.03. The Morgan fingerprint density at radius 2 is 2.32 bits per heavy atom. The highest BCUT2D eigenvalue weighted by molar-refractivity contribution is 7.18. The molecule has 0 unspecified atom stereocenters. The van der Waals surface area contributed by atoms with Crippen LogP contribution in [-0.4, -0.2) is 17.4 Å². The van der Waals surface area contributed by atoms with Crippen LogP contribution in [0.25, 0.3) is 0 Å². The van der Waals surface area contributed by atoms with Gasteiger partial charge >= 0.3 is 0 Å². The van der Waals surface area contributed by atoms with E-state index in [0.29, 0.717) is 22.2 Å². The molecular formula is C12H13FN4OS. The first-order valence-electron chi connectivity index (χ1n) is 5.67. The molecule has 0 aliphatic carbocycles. The second kappa shape index (κ2) is 5.66. The number of rotatable bonds is 4. The summed E-state index contributed by atoms with van der Waals surface area (Å²) in [5.41, 5.74) is 6.06. The van der Waals surface area contributed by atoms with Crippen LogP contribution in [0, 0.1) is 5.82 Å². The van der Waals surface area contributed by atoms with E-state index in [9.17, 15) is 9.18 Å². The number of nitrogens with zero attached hydrogens (tertiary/aromatic N) is 1. The molecule has 5 nitrogen and oxygen atoms in total. The molecule has 1 aromatic carbocycles. The van der Waals surface area contributed by atoms with Gasteiger partial charge in [0.25, 0.3) is 5.91 Å². The molecule has 0 saturated carbocycles. The Hall–Kier alpha value is -2.15. The lowest BCUT2D eigenvalue weighted by molar-refractivity contribution is 0.103. The van der Waals surface area contributed by atoms with Gasteiger partial charge in [0, 0.05) is 12.2 Å². The van der Waals surface area contributed by atoms with Gasteiger partial charge in [0.05, 0.1) is 0 Å². The Morgan fingerprint density at radius 1 is 1.53 bits per heavy atom. The van der Waals surface area contributed by atoms with Crippen LogP contribution in [0.2, 0.25) is 0 Å². The number of thiazole rings is 1. The molecule has 0 aliphatic rings. The molecule has 1 heterocycles. The molecule has 2 aromatic rings. The number of hydrogen-bond acceptors (Lipinski definition) is 5. The molecule has 4 N–H and O–H groups in total. The zero-order chi connectivity index (χ0) is 13.8. The zero-order valence-electron chi connectivity index (χ0n) is 10.2. The number of anilines is 3. The lowest BCUT2D eigenvalue weighted by atomic mass is 10.3. The average Bonchev–Trinajstić information content (AvgIpc) is 2.71. The third-order valence-corrected chi connectivity index (χ3v) is 3.30. The van der Waals surface area contributed by atoms with E-state index in [0.717, 1.165) is 11.3 Å². The normalized spacial score (nSPS) is 10.2. The fourth-order valence-electron chi connectivity index (χ4n) is 1.48. The van der Waals surface area contributed by atoms with Crippen molar-refractivity contribution in [3.05, 3.63) is 35.0 Å². The van der Waals surface area contributed by atoms with Crippen LogP contribution in [-0.2, 0) is 0 Å². The highest BCUT2D eigenvalue weighted by atomic mass is 32.1. The van der Waals surface area contributed by atoms with Crippen molar-refractivity contribution in [2.24, 2.45) is 0 Å². The fourth-order valence-corrected chi connectivity index (χ4v) is 2.32. The lowest BCUT2D eigenvalue weighted by Crippen LogP contribution is -2.12. The molecule has 2 rings (SSSR count). The number of halogens is 1. The van der Waals surface area contributed by atoms with Crippen molar-refractivity contribution in [1.82, 2.24) is 4.98 Å². The molecule has 1 aromatic heterocycles. The van der Waals surface area contributed by atoms with Gasteiger partial charge in [-0.1, -0.05) is 17.4 Å². The van der Waals surface area contributed by atoms with Crippen molar-refractivity contribution in [2.45, 2.75) is 6.92 Å². The van der Waals surface area contributed by atoms with Crippen molar-refractivity contribution < 1.29 is 9.18 Å². The van der Waals surface area contributed by atoms with Gasteiger partial charge in [-0.15, -0.1) is 0 Å². The topological polar surface area (TPSA) is 80.0 Å². The SMILES string of the molecule is CCNc1nc(N)c(C(=O)Nc2cccc(F)c2)s1. The van der Waals surface area contributed by atoms with Crippen molar-refractivity contribution in [2.75, 3.05) is 22.9 Å². The minimum Gasteiger partial charge on any atom is -0.382 e. The molecule has 100 valence electrons. The highest BCUT2D eigenvalue weighted by Gasteiger charge is 2.16. The minimum absolute atomic E-state index is 0.162. The van der Waals surface area contributed by atoms with Gasteiger partial charge in [-0.3, -0.25) is 4.79 Å². The van der Waals surface area contributed by atoms with Crippen molar-refractivity contribution in [3.8, 4) is 0 Å². The molecule has 7 heteroatoms. The third-order valence-electron chi connectivity index (χ3n) is 2.27. The Labute approximate surface area is 113 Å². The van der Waals surface area contributed by atoms with Crippen LogP contribution >= 0.6 is 11.3 Å². The van der Waals surface area contributed by atoms with E-state index in [1.54, 1.807) is 6.07 Å². The Bertz CT molecular complexity index is 599. The summed E-state index contributed by atoms with van der Waals surface area (Å²) in [7, 11) is 0. The minimum atomic E-state index is -0.414. The molecule has 0 bridgehead atoms. The van der Waals surface area contributed by atoms with Crippen LogP contribution in [0.1, 0.15) is 16.6 Å². The molecule has 0 atom stereocenters. The van der Waals surface area contributed by atoms with Crippen LogP contribution < -0.4 is 16.4 Å². The number of nitrogens with one attached hydrogen (secondary N) is 2. The first-order chi connectivity index (χ1) is 9.10. The van der Waals surface area contributed by atoms with Crippen LogP contribution in [0.5, 0.6) is 0 Å². The molecule has 0 aliphatic heterocycles. The molecule has 0 saturated heterocycles. The van der Waals surface area contributed by atoms with Gasteiger partial charge in [-0.25, -0.2) is 9.37 Å². The number of aromatic nitrogens is 1. The van der Waals surface area contributed by atoms with Crippen molar-refractivity contribution in [1.29, 1.82) is 0 Å². The van der Waals surface area contributed by atoms with E-state index in [1.165, 1.54) is 18.2 Å². The predicted molar refractivity (Wildman–Crippen MR) is 75.0 cm³/mol. The molecule has 0 radical (unpaired) electrons. The average molecular weight is 280 g/mol. The second-order valence-corrected chi connectivity index (χ2v) is 4.73. The quantitative estimate of drug-likeness (QED) is 0.804. The summed E-state index contributed by atoms with van der Waals surface area (Å²) in [5.74, 6) is -0.650. The van der Waals surface area contributed by atoms with Crippen LogP contribution in [0.15, 0.2) is 24.3 Å². The third kappa shape index (κ3) is 3.19. The predicted octanol–water partition coefficient (Wildman–Crippen LogP) is 2.55. The molecule has 0 spiro atoms. The van der Waals surface area contributed by atoms with Gasteiger partial charge in [0.1, 0.15) is 16.5 Å². The van der Waals surface area contributed by atoms with Gasteiger partial charge in [0.15, 0.2) is 5.13 Å². The Balaban J connectivity index is 2.15. The van der Waals surface area contributed by atoms with E-state index in [4.69, 9.17) is 5.73 Å². The standard InChI is InChI=1S/C12H13FN4OS/c1-2-15-12-17-10(14)9(19-12)11(18)16-8-5-3-4-7(13)6-8/h3-6H,2,14H2,1H3,(H,15,17)(H,16,18). The maximum absolute atomic E-state index is 13.0. The van der Waals surface area contributed by atoms with E-state index < -0.39 is 11.7 Å². The molecule has 1 amide bonds. The summed E-state index contributed by atoms with van der Waals surface area (Å²) < 4.78 is 13.0. The summed E-state index contributed by atoms with van der Waals surface area (Å²) in [6.45, 7) is 2.61. The molecular weight excluding hydrogens is 267 g/mol. The maximum atomic E-state index is 13.0. The van der Waals surface area contributed by atoms with Gasteiger partial charge in [-0.2, -0.15) is 0 Å². The molecule has 0 fully saturated rings. The number of carbonyl (C=O) groups excluding carboxylic acids is 1. The van der Waals surface area contributed by atoms with E-state index in [2.05, 4.69) is 15.6 Å². The highest BCUT2D eigenvalue weighted by Crippen LogP contribution is 2.25. The van der Waals surface area contributed by atoms with Crippen molar-refractivity contribution in [3.63, 3.8) is 0 Å². The first kappa shape index (κ1) is 13.3. The van der Waals surface area contributed by atoms with Gasteiger partial charge in [0.2, 0.25) is 0 Å². The summed E-state index contributed by atoms with van der Waals surface area (Å²) in [6.07, 6.45) is 0. The van der Waals surface area contributed by atoms with Crippen LogP contribution in [0.4, 0.5) is 21.0 Å². The fraction of sp³-hybridized carbons (Fsp3) is 0.167. The maximum Gasteiger partial charge on any atom is 0.269 e. The number of hydrogen-bond donors (Lipinski definition) is 3. The summed E-state index contributed by atoms with van der Waals surface area (Å²) in [4.78, 5) is 16.3. The molecule has 19 heavy (non-hydrogen) atoms. The van der Waals surface area contributed by atoms with Crippen LogP contribution in [0.3, 0.4) is 0 Å². The number of carbonyl (C=O) groups is 1. The monoisotopic (exact) mass is 280 g/mol. The number of amides is 1. The Morgan fingerprint density at radius 3 is 3.00 bits per heavy atom. The number of nitrogens with two attached hydrogens (primary N) is 1. The summed E-state index contributed by atoms with van der Waals surface area (Å²) in [5, 5.41) is 6.15. The Kier molecular flexibility index (Phi) is 3.96. The van der Waals surface area contributed by atoms with Gasteiger partial charge in [-0.05, 0) is 25.1 Å². The summed E-state index contributed by atoms with van der Waals surface area (Å²) in [6, 6.07) is 5.66. The largest absolute Gasteiger partial charge is 0.382 e. The van der Waals surface area contributed by atoms with E-state index >= 15 is 0 Å². The van der Waals surface area contributed by atoms with Crippen molar-refractivity contribution >= 4 is 33.9 Å². The second-order valence-electron chi connectivity index (χ2n) is 3.73. The summed E-state index contributed by atoms with van der Waals surface area (Å²) >= 11 is 1.16. The first-order valence-corrected chi connectivity index (χ1v) is 6.49. The van der Waals surface area contributed by atoms with E-state index in [1.807, 2.05) is 6.92 Å². The zero-order valence-corrected chi connectivity index (χ0v) is 11.1. The van der Waals surface area contributed by atoms with E-state index in [-0.39, 0.29) is 5.82 Å². The number of nitrogen functional groups attached to an aromatic ring is 1. The smallest absolute Gasteiger partial charge is 0.269 e. The number of benzene rings is 1.